The summed E-state index contributed by atoms with van der Waals surface area (Å²) < 4.78 is 5.36. The predicted molar refractivity (Wildman–Crippen MR) is 151 cm³/mol. The number of rotatable bonds is 10. The van der Waals surface area contributed by atoms with Gasteiger partial charge in [0.1, 0.15) is 23.7 Å². The van der Waals surface area contributed by atoms with E-state index in [0.29, 0.717) is 6.42 Å². The molecule has 1 heterocycles. The van der Waals surface area contributed by atoms with Gasteiger partial charge in [-0.2, -0.15) is 0 Å². The van der Waals surface area contributed by atoms with Crippen LogP contribution in [0.1, 0.15) is 72.9 Å². The fourth-order valence-electron chi connectivity index (χ4n) is 4.40. The highest BCUT2D eigenvalue weighted by Crippen LogP contribution is 2.25. The van der Waals surface area contributed by atoms with Gasteiger partial charge in [-0.25, -0.2) is 4.79 Å². The standard InChI is InChI=1S/C28H43N7O5/c1-9-17(2)23(31-24(36)19(4)34(8)27(39)40-28(5,6)7)26(38)35-16-21(32-33-29)15-22(35)25(37)30-18(3)20-13-11-10-12-14-20/h10-14,17-19,21-23H,9,15-16H2,1-8H3,(H,30,37)(H,31,36)/t17-,18+,19-,21-,22-,23?/m0/s1. The van der Waals surface area contributed by atoms with Gasteiger partial charge in [-0.1, -0.05) is 55.7 Å². The van der Waals surface area contributed by atoms with Gasteiger partial charge in [0.25, 0.3) is 0 Å². The number of likely N-dealkylation sites (tertiary alicyclic amines) is 1. The molecule has 0 radical (unpaired) electrons. The van der Waals surface area contributed by atoms with Crippen molar-refractivity contribution < 1.29 is 23.9 Å². The molecular formula is C28H43N7O5. The quantitative estimate of drug-likeness (QED) is 0.253. The number of carbonyl (C=O) groups excluding carboxylic acids is 4. The monoisotopic (exact) mass is 557 g/mol. The molecule has 40 heavy (non-hydrogen) atoms. The van der Waals surface area contributed by atoms with Crippen LogP contribution >= 0.6 is 0 Å². The molecule has 12 nitrogen and oxygen atoms in total. The van der Waals surface area contributed by atoms with E-state index in [9.17, 15) is 19.2 Å². The molecule has 1 saturated heterocycles. The van der Waals surface area contributed by atoms with Gasteiger partial charge in [-0.15, -0.1) is 0 Å². The number of benzene rings is 1. The Morgan fingerprint density at radius 2 is 1.77 bits per heavy atom. The zero-order valence-electron chi connectivity index (χ0n) is 24.7. The van der Waals surface area contributed by atoms with Crippen molar-refractivity contribution in [3.8, 4) is 0 Å². The second-order valence-electron chi connectivity index (χ2n) is 11.4. The lowest BCUT2D eigenvalue weighted by Gasteiger charge is -2.33. The van der Waals surface area contributed by atoms with Gasteiger partial charge in [0.15, 0.2) is 0 Å². The molecule has 2 N–H and O–H groups in total. The smallest absolute Gasteiger partial charge is 0.410 e. The second kappa shape index (κ2) is 14.0. The first kappa shape index (κ1) is 32.4. The molecule has 2 rings (SSSR count). The highest BCUT2D eigenvalue weighted by atomic mass is 16.6. The summed E-state index contributed by atoms with van der Waals surface area (Å²) in [5, 5.41) is 9.53. The number of hydrogen-bond acceptors (Lipinski definition) is 6. The minimum absolute atomic E-state index is 0.0524. The van der Waals surface area contributed by atoms with Crippen LogP contribution in [0.4, 0.5) is 4.79 Å². The number of ether oxygens (including phenoxy) is 1. The van der Waals surface area contributed by atoms with Gasteiger partial charge in [0.05, 0.1) is 12.1 Å². The predicted octanol–water partition coefficient (Wildman–Crippen LogP) is 3.93. The lowest BCUT2D eigenvalue weighted by atomic mass is 9.97. The summed E-state index contributed by atoms with van der Waals surface area (Å²) in [7, 11) is 1.46. The Labute approximate surface area is 236 Å². The van der Waals surface area contributed by atoms with E-state index in [2.05, 4.69) is 20.7 Å². The molecule has 1 unspecified atom stereocenters. The van der Waals surface area contributed by atoms with Crippen LogP contribution in [0.25, 0.3) is 10.4 Å². The van der Waals surface area contributed by atoms with Crippen molar-refractivity contribution in [2.24, 2.45) is 11.0 Å². The molecule has 0 saturated carbocycles. The number of carbonyl (C=O) groups is 4. The molecule has 0 aliphatic carbocycles. The molecule has 0 aromatic heterocycles. The second-order valence-corrected chi connectivity index (χ2v) is 11.4. The number of azide groups is 1. The zero-order valence-corrected chi connectivity index (χ0v) is 24.7. The van der Waals surface area contributed by atoms with Crippen LogP contribution in [-0.2, 0) is 19.1 Å². The van der Waals surface area contributed by atoms with E-state index in [1.54, 1.807) is 27.7 Å². The summed E-state index contributed by atoms with van der Waals surface area (Å²) in [4.78, 5) is 58.4. The molecule has 12 heteroatoms. The summed E-state index contributed by atoms with van der Waals surface area (Å²) in [5.41, 5.74) is 9.18. The first-order valence-corrected chi connectivity index (χ1v) is 13.7. The van der Waals surface area contributed by atoms with Gasteiger partial charge < -0.3 is 20.3 Å². The SMILES string of the molecule is CC[C@H](C)C(NC(=O)[C@H](C)N(C)C(=O)OC(C)(C)C)C(=O)N1C[C@@H](N=[N+]=[N-])C[C@H]1C(=O)N[C@H](C)c1ccccc1. The Kier molecular flexibility index (Phi) is 11.4. The highest BCUT2D eigenvalue weighted by molar-refractivity contribution is 5.94. The maximum absolute atomic E-state index is 13.9. The third-order valence-corrected chi connectivity index (χ3v) is 7.16. The molecular weight excluding hydrogens is 514 g/mol. The minimum Gasteiger partial charge on any atom is -0.444 e. The molecule has 0 spiro atoms. The summed E-state index contributed by atoms with van der Waals surface area (Å²) in [6.07, 6.45) is 0.0764. The van der Waals surface area contributed by atoms with Crippen molar-refractivity contribution in [3.63, 3.8) is 0 Å². The van der Waals surface area contributed by atoms with E-state index < -0.39 is 47.7 Å². The summed E-state index contributed by atoms with van der Waals surface area (Å²) in [6, 6.07) is 5.79. The molecule has 0 bridgehead atoms. The number of amides is 4. The fourth-order valence-corrected chi connectivity index (χ4v) is 4.40. The van der Waals surface area contributed by atoms with Crippen molar-refractivity contribution in [1.29, 1.82) is 0 Å². The Bertz CT molecular complexity index is 1100. The normalized spacial score (nSPS) is 19.9. The van der Waals surface area contributed by atoms with Crippen LogP contribution in [0.5, 0.6) is 0 Å². The lowest BCUT2D eigenvalue weighted by Crippen LogP contribution is -2.58. The van der Waals surface area contributed by atoms with Crippen LogP contribution in [0, 0.1) is 5.92 Å². The van der Waals surface area contributed by atoms with Crippen molar-refractivity contribution in [3.05, 3.63) is 46.3 Å². The molecule has 6 atom stereocenters. The Balaban J connectivity index is 2.25. The number of likely N-dealkylation sites (N-methyl/N-ethyl adjacent to an activating group) is 1. The lowest BCUT2D eigenvalue weighted by molar-refractivity contribution is -0.143. The molecule has 220 valence electrons. The molecule has 1 aromatic rings. The molecule has 1 aliphatic rings. The first-order valence-electron chi connectivity index (χ1n) is 13.7. The van der Waals surface area contributed by atoms with Crippen LogP contribution in [0.15, 0.2) is 35.4 Å². The van der Waals surface area contributed by atoms with Crippen LogP contribution in [-0.4, -0.2) is 77.0 Å². The van der Waals surface area contributed by atoms with E-state index >= 15 is 0 Å². The zero-order chi connectivity index (χ0) is 30.2. The summed E-state index contributed by atoms with van der Waals surface area (Å²) in [5.74, 6) is -1.62. The fraction of sp³-hybridized carbons (Fsp3) is 0.643. The van der Waals surface area contributed by atoms with Gasteiger partial charge in [-0.05, 0) is 58.1 Å². The molecule has 4 amide bonds. The maximum atomic E-state index is 13.9. The first-order chi connectivity index (χ1) is 18.7. The average Bonchev–Trinajstić information content (AvgIpc) is 3.33. The van der Waals surface area contributed by atoms with Gasteiger partial charge in [0, 0.05) is 18.5 Å². The van der Waals surface area contributed by atoms with Crippen LogP contribution < -0.4 is 10.6 Å². The van der Waals surface area contributed by atoms with Crippen LogP contribution in [0.3, 0.4) is 0 Å². The van der Waals surface area contributed by atoms with Crippen LogP contribution in [0.2, 0.25) is 0 Å². The number of nitrogens with zero attached hydrogens (tertiary/aromatic N) is 5. The largest absolute Gasteiger partial charge is 0.444 e. The van der Waals surface area contributed by atoms with E-state index in [1.807, 2.05) is 51.1 Å². The number of hydrogen-bond donors (Lipinski definition) is 2. The Morgan fingerprint density at radius 1 is 1.15 bits per heavy atom. The topological polar surface area (TPSA) is 157 Å². The van der Waals surface area contributed by atoms with E-state index in [0.717, 1.165) is 5.56 Å². The van der Waals surface area contributed by atoms with Crippen molar-refractivity contribution in [2.75, 3.05) is 13.6 Å². The third-order valence-electron chi connectivity index (χ3n) is 7.16. The van der Waals surface area contributed by atoms with Gasteiger partial charge in [-0.3, -0.25) is 19.3 Å². The van der Waals surface area contributed by atoms with Crippen molar-refractivity contribution >= 4 is 23.8 Å². The van der Waals surface area contributed by atoms with Crippen molar-refractivity contribution in [1.82, 2.24) is 20.4 Å². The van der Waals surface area contributed by atoms with Crippen molar-refractivity contribution in [2.45, 2.75) is 97.1 Å². The molecule has 1 aliphatic heterocycles. The molecule has 1 fully saturated rings. The summed E-state index contributed by atoms with van der Waals surface area (Å²) in [6.45, 7) is 12.4. The average molecular weight is 558 g/mol. The minimum atomic E-state index is -0.960. The maximum Gasteiger partial charge on any atom is 0.410 e. The molecule has 1 aromatic carbocycles. The highest BCUT2D eigenvalue weighted by Gasteiger charge is 2.43. The van der Waals surface area contributed by atoms with Gasteiger partial charge in [0.2, 0.25) is 17.7 Å². The summed E-state index contributed by atoms with van der Waals surface area (Å²) >= 11 is 0. The van der Waals surface area contributed by atoms with Gasteiger partial charge >= 0.3 is 6.09 Å². The Hall–Kier alpha value is -3.79. The van der Waals surface area contributed by atoms with E-state index in [1.165, 1.54) is 16.8 Å². The van der Waals surface area contributed by atoms with E-state index in [-0.39, 0.29) is 30.8 Å². The third kappa shape index (κ3) is 8.61. The van der Waals surface area contributed by atoms with E-state index in [4.69, 9.17) is 10.3 Å². The number of nitrogens with one attached hydrogen (secondary N) is 2. The Morgan fingerprint density at radius 3 is 2.33 bits per heavy atom.